The second-order valence-corrected chi connectivity index (χ2v) is 10.8. The molecule has 2 heterocycles. The Labute approximate surface area is 194 Å². The van der Waals surface area contributed by atoms with Gasteiger partial charge in [0.25, 0.3) is 5.56 Å². The molecule has 0 unspecified atom stereocenters. The van der Waals surface area contributed by atoms with Gasteiger partial charge in [-0.15, -0.1) is 0 Å². The van der Waals surface area contributed by atoms with Crippen LogP contribution in [0.25, 0.3) is 0 Å². The number of nitrogens with zero attached hydrogens (tertiary/aromatic N) is 3. The zero-order chi connectivity index (χ0) is 21.9. The molecule has 7 nitrogen and oxygen atoms in total. The van der Waals surface area contributed by atoms with Crippen LogP contribution < -0.4 is 5.56 Å². The Bertz CT molecular complexity index is 948. The van der Waals surface area contributed by atoms with Crippen molar-refractivity contribution in [3.8, 4) is 5.75 Å². The highest BCUT2D eigenvalue weighted by molar-refractivity contribution is 14.1. The summed E-state index contributed by atoms with van der Waals surface area (Å²) in [4.78, 5) is 28.5. The van der Waals surface area contributed by atoms with Gasteiger partial charge < -0.3 is 19.3 Å². The number of amides is 1. The Morgan fingerprint density at radius 2 is 1.77 bits per heavy atom. The van der Waals surface area contributed by atoms with Crippen LogP contribution >= 0.6 is 34.2 Å². The fourth-order valence-electron chi connectivity index (χ4n) is 3.24. The molecule has 0 bridgehead atoms. The van der Waals surface area contributed by atoms with Gasteiger partial charge in [-0.1, -0.05) is 23.7 Å². The molecule has 1 aliphatic rings. The molecule has 0 radical (unpaired) electrons. The fourth-order valence-corrected chi connectivity index (χ4v) is 3.55. The van der Waals surface area contributed by atoms with Gasteiger partial charge in [-0.3, -0.25) is 9.69 Å². The number of ether oxygens (including phenoxy) is 1. The first kappa shape index (κ1) is 22.9. The quantitative estimate of drug-likeness (QED) is 0.458. The van der Waals surface area contributed by atoms with Crippen LogP contribution in [0.4, 0.5) is 4.79 Å². The minimum absolute atomic E-state index is 0.236. The van der Waals surface area contributed by atoms with E-state index in [-0.39, 0.29) is 11.8 Å². The van der Waals surface area contributed by atoms with Crippen LogP contribution in [0.15, 0.2) is 41.3 Å². The van der Waals surface area contributed by atoms with E-state index in [1.165, 1.54) is 4.57 Å². The number of aromatic nitrogens is 1. The lowest BCUT2D eigenvalue weighted by atomic mass is 10.2. The van der Waals surface area contributed by atoms with Crippen molar-refractivity contribution < 1.29 is 14.6 Å². The monoisotopic (exact) mass is 545 g/mol. The number of benzene rings is 1. The summed E-state index contributed by atoms with van der Waals surface area (Å²) >= 11 is 7.98. The summed E-state index contributed by atoms with van der Waals surface area (Å²) in [5.41, 5.74) is 1.08. The third kappa shape index (κ3) is 6.12. The minimum atomic E-state index is -0.548. The predicted octanol–water partition coefficient (Wildman–Crippen LogP) is 3.68. The smallest absolute Gasteiger partial charge is 0.411 e. The molecule has 2 aromatic rings. The molecule has 162 valence electrons. The van der Waals surface area contributed by atoms with Gasteiger partial charge in [0.1, 0.15) is 0 Å². The fraction of sp³-hybridized carbons (Fsp3) is 0.429. The van der Waals surface area contributed by atoms with Gasteiger partial charge in [0, 0.05) is 49.5 Å². The average Bonchev–Trinajstić information content (AvgIpc) is 2.68. The molecular weight excluding hydrogens is 521 g/mol. The van der Waals surface area contributed by atoms with E-state index >= 15 is 0 Å². The van der Waals surface area contributed by atoms with Gasteiger partial charge in [0.2, 0.25) is 0 Å². The molecule has 3 rings (SSSR count). The maximum atomic E-state index is 12.6. The summed E-state index contributed by atoms with van der Waals surface area (Å²) < 4.78 is 6.32. The van der Waals surface area contributed by atoms with Gasteiger partial charge in [-0.25, -0.2) is 4.79 Å². The molecule has 1 amide bonds. The third-order valence-electron chi connectivity index (χ3n) is 4.84. The number of hydrogen-bond donors (Lipinski definition) is 1. The normalized spacial score (nSPS) is 15.3. The molecule has 30 heavy (non-hydrogen) atoms. The zero-order valence-corrected chi connectivity index (χ0v) is 19.9. The van der Waals surface area contributed by atoms with Crippen molar-refractivity contribution in [2.24, 2.45) is 0 Å². The van der Waals surface area contributed by atoms with Crippen LogP contribution in [0.1, 0.15) is 25.0 Å². The zero-order valence-electron chi connectivity index (χ0n) is 17.0. The molecule has 1 fully saturated rings. The van der Waals surface area contributed by atoms with Crippen molar-refractivity contribution in [2.45, 2.75) is 30.5 Å². The largest absolute Gasteiger partial charge is 0.503 e. The van der Waals surface area contributed by atoms with Crippen LogP contribution in [0.2, 0.25) is 5.02 Å². The molecule has 0 aliphatic carbocycles. The lowest BCUT2D eigenvalue weighted by molar-refractivity contribution is 0.0503. The van der Waals surface area contributed by atoms with Crippen molar-refractivity contribution in [3.63, 3.8) is 0 Å². The topological polar surface area (TPSA) is 75.0 Å². The number of carbonyl (C=O) groups excluding carboxylic acids is 1. The number of carbonyl (C=O) groups is 1. The standard InChI is InChI=1S/C21H25ClIN3O4/c1-21(2,23)30-20(29)25-11-9-24(10-12-25)14-16-7-8-26(19(28)18(16)27)13-15-3-5-17(22)6-4-15/h3-8,27H,9-14H2,1-2H3. The second-order valence-electron chi connectivity index (χ2n) is 7.74. The highest BCUT2D eigenvalue weighted by Crippen LogP contribution is 2.21. The Morgan fingerprint density at radius 1 is 1.13 bits per heavy atom. The van der Waals surface area contributed by atoms with E-state index in [4.69, 9.17) is 16.3 Å². The van der Waals surface area contributed by atoms with E-state index in [2.05, 4.69) is 27.5 Å². The number of piperazine rings is 1. The number of rotatable bonds is 5. The van der Waals surface area contributed by atoms with Crippen LogP contribution in [0, 0.1) is 0 Å². The summed E-state index contributed by atoms with van der Waals surface area (Å²) in [7, 11) is 0. The first-order valence-electron chi connectivity index (χ1n) is 9.67. The number of halogens is 2. The van der Waals surface area contributed by atoms with E-state index in [1.807, 2.05) is 26.0 Å². The first-order valence-corrected chi connectivity index (χ1v) is 11.1. The van der Waals surface area contributed by atoms with E-state index < -0.39 is 9.17 Å². The minimum Gasteiger partial charge on any atom is -0.503 e. The SMILES string of the molecule is CC(C)(I)OC(=O)N1CCN(Cc2ccn(Cc3ccc(Cl)cc3)c(=O)c2O)CC1. The summed E-state index contributed by atoms with van der Waals surface area (Å²) in [6, 6.07) is 9.01. The number of hydrogen-bond acceptors (Lipinski definition) is 5. The third-order valence-corrected chi connectivity index (χ3v) is 5.32. The summed E-state index contributed by atoms with van der Waals surface area (Å²) in [5, 5.41) is 11.1. The van der Waals surface area contributed by atoms with Crippen LogP contribution in [0.5, 0.6) is 5.75 Å². The number of pyridine rings is 1. The Balaban J connectivity index is 1.60. The van der Waals surface area contributed by atoms with Crippen molar-refractivity contribution in [1.29, 1.82) is 0 Å². The molecular formula is C21H25ClIN3O4. The van der Waals surface area contributed by atoms with Gasteiger partial charge in [0.05, 0.1) is 6.54 Å². The highest BCUT2D eigenvalue weighted by Gasteiger charge is 2.27. The lowest BCUT2D eigenvalue weighted by Crippen LogP contribution is -2.49. The average molecular weight is 546 g/mol. The molecule has 1 aromatic heterocycles. The molecule has 0 spiro atoms. The Hall–Kier alpha value is -1.78. The molecule has 0 atom stereocenters. The molecule has 1 N–H and O–H groups in total. The van der Waals surface area contributed by atoms with Gasteiger partial charge in [-0.2, -0.15) is 0 Å². The van der Waals surface area contributed by atoms with Crippen LogP contribution in [0.3, 0.4) is 0 Å². The van der Waals surface area contributed by atoms with Crippen molar-refractivity contribution in [2.75, 3.05) is 26.2 Å². The van der Waals surface area contributed by atoms with Crippen LogP contribution in [-0.4, -0.2) is 55.4 Å². The van der Waals surface area contributed by atoms with Crippen LogP contribution in [-0.2, 0) is 17.8 Å². The maximum absolute atomic E-state index is 12.6. The summed E-state index contributed by atoms with van der Waals surface area (Å²) in [5.74, 6) is -0.236. The second kappa shape index (κ2) is 9.57. The maximum Gasteiger partial charge on any atom is 0.411 e. The van der Waals surface area contributed by atoms with E-state index in [0.717, 1.165) is 5.56 Å². The van der Waals surface area contributed by atoms with Crippen molar-refractivity contribution >= 4 is 40.3 Å². The first-order chi connectivity index (χ1) is 14.1. The lowest BCUT2D eigenvalue weighted by Gasteiger charge is -2.35. The van der Waals surface area contributed by atoms with Gasteiger partial charge in [0.15, 0.2) is 9.36 Å². The molecule has 9 heteroatoms. The molecule has 1 aliphatic heterocycles. The van der Waals surface area contributed by atoms with Crippen molar-refractivity contribution in [1.82, 2.24) is 14.4 Å². The van der Waals surface area contributed by atoms with E-state index in [1.54, 1.807) is 29.3 Å². The van der Waals surface area contributed by atoms with E-state index in [0.29, 0.717) is 49.9 Å². The predicted molar refractivity (Wildman–Crippen MR) is 124 cm³/mol. The summed E-state index contributed by atoms with van der Waals surface area (Å²) in [6.45, 7) is 6.84. The molecule has 1 aromatic carbocycles. The van der Waals surface area contributed by atoms with Gasteiger partial charge >= 0.3 is 6.09 Å². The Kier molecular flexibility index (Phi) is 7.30. The molecule has 1 saturated heterocycles. The summed E-state index contributed by atoms with van der Waals surface area (Å²) in [6.07, 6.45) is 1.38. The van der Waals surface area contributed by atoms with E-state index in [9.17, 15) is 14.7 Å². The van der Waals surface area contributed by atoms with Gasteiger partial charge in [-0.05, 0) is 60.2 Å². The Morgan fingerprint density at radius 3 is 2.37 bits per heavy atom. The number of alkyl halides is 1. The van der Waals surface area contributed by atoms with Crippen molar-refractivity contribution in [3.05, 3.63) is 63.0 Å². The highest BCUT2D eigenvalue weighted by atomic mass is 127. The number of aromatic hydroxyl groups is 1. The molecule has 0 saturated carbocycles.